The topological polar surface area (TPSA) is 18.5 Å². The Morgan fingerprint density at radius 2 is 1.79 bits per heavy atom. The van der Waals surface area contributed by atoms with Crippen molar-refractivity contribution in [1.29, 1.82) is 0 Å². The van der Waals surface area contributed by atoms with Crippen molar-refractivity contribution >= 4 is 0 Å². The Kier molecular flexibility index (Phi) is 5.94. The normalized spacial score (nSPS) is 11.9. The number of allylic oxidation sites excluding steroid dienone is 2. The van der Waals surface area contributed by atoms with Gasteiger partial charge in [0, 0.05) is 5.56 Å². The third-order valence-electron chi connectivity index (χ3n) is 3.43. The molecule has 2 heteroatoms. The van der Waals surface area contributed by atoms with Crippen LogP contribution in [0.5, 0.6) is 11.5 Å². The summed E-state index contributed by atoms with van der Waals surface area (Å²) in [6.07, 6.45) is 4.50. The van der Waals surface area contributed by atoms with Gasteiger partial charge in [-0.2, -0.15) is 0 Å². The first-order valence-corrected chi connectivity index (χ1v) is 6.85. The molecule has 0 aliphatic heterocycles. The van der Waals surface area contributed by atoms with E-state index in [-0.39, 0.29) is 0 Å². The standard InChI is InChI=1S/C17H26O2/c1-12(2)8-7-9-13(3)15-11-16(18-5)14(4)10-17(15)19-6/h8,10-11,13H,7,9H2,1-6H3/t13-/m1/s1. The van der Waals surface area contributed by atoms with Gasteiger partial charge in [0.25, 0.3) is 0 Å². The molecule has 0 unspecified atom stereocenters. The van der Waals surface area contributed by atoms with Crippen molar-refractivity contribution in [1.82, 2.24) is 0 Å². The van der Waals surface area contributed by atoms with E-state index in [0.717, 1.165) is 29.9 Å². The summed E-state index contributed by atoms with van der Waals surface area (Å²) in [5.74, 6) is 2.35. The molecule has 0 aromatic heterocycles. The van der Waals surface area contributed by atoms with Crippen LogP contribution >= 0.6 is 0 Å². The van der Waals surface area contributed by atoms with Crippen molar-refractivity contribution < 1.29 is 9.47 Å². The fourth-order valence-corrected chi connectivity index (χ4v) is 2.24. The van der Waals surface area contributed by atoms with Crippen LogP contribution < -0.4 is 9.47 Å². The fraction of sp³-hybridized carbons (Fsp3) is 0.529. The first-order valence-electron chi connectivity index (χ1n) is 6.85. The van der Waals surface area contributed by atoms with E-state index in [1.165, 1.54) is 11.1 Å². The van der Waals surface area contributed by atoms with Crippen LogP contribution in [0.1, 0.15) is 50.7 Å². The van der Waals surface area contributed by atoms with Gasteiger partial charge < -0.3 is 9.47 Å². The summed E-state index contributed by atoms with van der Waals surface area (Å²) < 4.78 is 10.9. The van der Waals surface area contributed by atoms with E-state index in [9.17, 15) is 0 Å². The molecule has 0 amide bonds. The van der Waals surface area contributed by atoms with Crippen molar-refractivity contribution in [3.05, 3.63) is 34.9 Å². The van der Waals surface area contributed by atoms with Gasteiger partial charge in [0.1, 0.15) is 11.5 Å². The number of aryl methyl sites for hydroxylation is 1. The zero-order valence-corrected chi connectivity index (χ0v) is 13.0. The van der Waals surface area contributed by atoms with Crippen molar-refractivity contribution in [3.63, 3.8) is 0 Å². The van der Waals surface area contributed by atoms with Gasteiger partial charge in [-0.15, -0.1) is 0 Å². The van der Waals surface area contributed by atoms with Crippen molar-refractivity contribution in [2.75, 3.05) is 14.2 Å². The molecule has 0 saturated heterocycles. The van der Waals surface area contributed by atoms with Crippen LogP contribution in [0, 0.1) is 6.92 Å². The number of rotatable bonds is 6. The molecule has 0 radical (unpaired) electrons. The highest BCUT2D eigenvalue weighted by atomic mass is 16.5. The lowest BCUT2D eigenvalue weighted by atomic mass is 9.93. The maximum Gasteiger partial charge on any atom is 0.122 e. The fourth-order valence-electron chi connectivity index (χ4n) is 2.24. The van der Waals surface area contributed by atoms with Gasteiger partial charge in [-0.3, -0.25) is 0 Å². The Bertz CT molecular complexity index is 443. The molecule has 1 aromatic carbocycles. The molecular formula is C17H26O2. The third-order valence-corrected chi connectivity index (χ3v) is 3.43. The first kappa shape index (κ1) is 15.6. The van der Waals surface area contributed by atoms with E-state index in [1.54, 1.807) is 14.2 Å². The molecular weight excluding hydrogens is 236 g/mol. The molecule has 2 nitrogen and oxygen atoms in total. The zero-order valence-electron chi connectivity index (χ0n) is 13.0. The zero-order chi connectivity index (χ0) is 14.4. The van der Waals surface area contributed by atoms with Crippen molar-refractivity contribution in [2.24, 2.45) is 0 Å². The molecule has 0 aliphatic carbocycles. The Labute approximate surface area is 117 Å². The first-order chi connectivity index (χ1) is 8.99. The number of ether oxygens (including phenoxy) is 2. The summed E-state index contributed by atoms with van der Waals surface area (Å²) in [6.45, 7) is 8.56. The second kappa shape index (κ2) is 7.22. The highest BCUT2D eigenvalue weighted by Gasteiger charge is 2.14. The maximum atomic E-state index is 5.50. The van der Waals surface area contributed by atoms with Crippen LogP contribution in [0.2, 0.25) is 0 Å². The Hall–Kier alpha value is -1.44. The van der Waals surface area contributed by atoms with E-state index in [1.807, 2.05) is 6.92 Å². The second-order valence-electron chi connectivity index (χ2n) is 5.32. The largest absolute Gasteiger partial charge is 0.496 e. The molecule has 0 spiro atoms. The minimum Gasteiger partial charge on any atom is -0.496 e. The molecule has 1 atom stereocenters. The minimum atomic E-state index is 0.458. The van der Waals surface area contributed by atoms with Crippen LogP contribution in [0.3, 0.4) is 0 Å². The lowest BCUT2D eigenvalue weighted by Crippen LogP contribution is -2.00. The lowest BCUT2D eigenvalue weighted by molar-refractivity contribution is 0.393. The van der Waals surface area contributed by atoms with Gasteiger partial charge in [-0.1, -0.05) is 18.6 Å². The van der Waals surface area contributed by atoms with Crippen LogP contribution in [0.25, 0.3) is 0 Å². The third kappa shape index (κ3) is 4.30. The number of benzene rings is 1. The van der Waals surface area contributed by atoms with Crippen LogP contribution in [0.4, 0.5) is 0 Å². The van der Waals surface area contributed by atoms with E-state index < -0.39 is 0 Å². The van der Waals surface area contributed by atoms with Crippen LogP contribution in [0.15, 0.2) is 23.8 Å². The number of methoxy groups -OCH3 is 2. The molecule has 19 heavy (non-hydrogen) atoms. The average Bonchev–Trinajstić information content (AvgIpc) is 2.37. The van der Waals surface area contributed by atoms with Crippen LogP contribution in [-0.2, 0) is 0 Å². The van der Waals surface area contributed by atoms with Gasteiger partial charge in [0.2, 0.25) is 0 Å². The Morgan fingerprint density at radius 3 is 2.32 bits per heavy atom. The SMILES string of the molecule is COc1cc([C@H](C)CCC=C(C)C)c(OC)cc1C. The highest BCUT2D eigenvalue weighted by Crippen LogP contribution is 2.35. The average molecular weight is 262 g/mol. The van der Waals surface area contributed by atoms with E-state index in [0.29, 0.717) is 5.92 Å². The van der Waals surface area contributed by atoms with E-state index >= 15 is 0 Å². The lowest BCUT2D eigenvalue weighted by Gasteiger charge is -2.18. The van der Waals surface area contributed by atoms with Gasteiger partial charge in [0.05, 0.1) is 14.2 Å². The molecule has 106 valence electrons. The van der Waals surface area contributed by atoms with Crippen LogP contribution in [-0.4, -0.2) is 14.2 Å². The summed E-state index contributed by atoms with van der Waals surface area (Å²) in [4.78, 5) is 0. The molecule has 0 saturated carbocycles. The highest BCUT2D eigenvalue weighted by molar-refractivity contribution is 5.47. The van der Waals surface area contributed by atoms with Gasteiger partial charge in [0.15, 0.2) is 0 Å². The number of hydrogen-bond acceptors (Lipinski definition) is 2. The Balaban J connectivity index is 2.93. The monoisotopic (exact) mass is 262 g/mol. The maximum absolute atomic E-state index is 5.50. The van der Waals surface area contributed by atoms with E-state index in [2.05, 4.69) is 39.0 Å². The van der Waals surface area contributed by atoms with Gasteiger partial charge in [-0.05, 0) is 57.2 Å². The summed E-state index contributed by atoms with van der Waals surface area (Å²) in [5.41, 5.74) is 3.72. The number of hydrogen-bond donors (Lipinski definition) is 0. The molecule has 0 aliphatic rings. The molecule has 1 aromatic rings. The predicted octanol–water partition coefficient (Wildman–Crippen LogP) is 4.86. The second-order valence-corrected chi connectivity index (χ2v) is 5.32. The molecule has 0 bridgehead atoms. The predicted molar refractivity (Wildman–Crippen MR) is 81.4 cm³/mol. The summed E-state index contributed by atoms with van der Waals surface area (Å²) in [6, 6.07) is 4.17. The Morgan fingerprint density at radius 1 is 1.16 bits per heavy atom. The van der Waals surface area contributed by atoms with Crippen molar-refractivity contribution in [3.8, 4) is 11.5 Å². The summed E-state index contributed by atoms with van der Waals surface area (Å²) in [5, 5.41) is 0. The molecule has 0 heterocycles. The summed E-state index contributed by atoms with van der Waals surface area (Å²) >= 11 is 0. The van der Waals surface area contributed by atoms with Gasteiger partial charge >= 0.3 is 0 Å². The minimum absolute atomic E-state index is 0.458. The summed E-state index contributed by atoms with van der Waals surface area (Å²) in [7, 11) is 3.44. The molecule has 0 fully saturated rings. The quantitative estimate of drug-likeness (QED) is 0.681. The smallest absolute Gasteiger partial charge is 0.122 e. The van der Waals surface area contributed by atoms with Crippen molar-refractivity contribution in [2.45, 2.75) is 46.5 Å². The molecule has 1 rings (SSSR count). The van der Waals surface area contributed by atoms with E-state index in [4.69, 9.17) is 9.47 Å². The molecule has 0 N–H and O–H groups in total. The van der Waals surface area contributed by atoms with Gasteiger partial charge in [-0.25, -0.2) is 0 Å².